The second-order valence-corrected chi connectivity index (χ2v) is 5.97. The SMILES string of the molecule is CS(=O)(=O)CCNc1ncc([N+](=O)[O-])cc1C(=O)O. The lowest BCUT2D eigenvalue weighted by Crippen LogP contribution is -2.17. The fourth-order valence-corrected chi connectivity index (χ4v) is 1.69. The molecular formula is C9H11N3O6S. The molecule has 0 atom stereocenters. The molecule has 0 aliphatic rings. The van der Waals surface area contributed by atoms with E-state index in [9.17, 15) is 23.3 Å². The van der Waals surface area contributed by atoms with Crippen molar-refractivity contribution in [3.63, 3.8) is 0 Å². The Bertz CT molecular complexity index is 612. The maximum atomic E-state index is 10.9. The molecule has 9 nitrogen and oxygen atoms in total. The molecule has 0 amide bonds. The Balaban J connectivity index is 2.94. The largest absolute Gasteiger partial charge is 0.478 e. The molecule has 19 heavy (non-hydrogen) atoms. The van der Waals surface area contributed by atoms with Crippen LogP contribution in [0.4, 0.5) is 11.5 Å². The van der Waals surface area contributed by atoms with Crippen LogP contribution in [0.1, 0.15) is 10.4 Å². The Kier molecular flexibility index (Phi) is 4.38. The summed E-state index contributed by atoms with van der Waals surface area (Å²) in [6.45, 7) is -0.0378. The lowest BCUT2D eigenvalue weighted by Gasteiger charge is -2.07. The number of nitrogens with one attached hydrogen (secondary N) is 1. The standard InChI is InChI=1S/C9H11N3O6S/c1-19(17,18)3-2-10-8-7(9(13)14)4-6(5-11-8)12(15)16/h4-5H,2-3H2,1H3,(H,10,11)(H,13,14). The lowest BCUT2D eigenvalue weighted by molar-refractivity contribution is -0.385. The number of carboxylic acids is 1. The van der Waals surface area contributed by atoms with Gasteiger partial charge in [0.25, 0.3) is 5.69 Å². The highest BCUT2D eigenvalue weighted by molar-refractivity contribution is 7.90. The number of hydrogen-bond donors (Lipinski definition) is 2. The van der Waals surface area contributed by atoms with Crippen LogP contribution in [0.2, 0.25) is 0 Å². The number of carbonyl (C=O) groups is 1. The van der Waals surface area contributed by atoms with Crippen LogP contribution in [-0.2, 0) is 9.84 Å². The molecule has 0 radical (unpaired) electrons. The fraction of sp³-hybridized carbons (Fsp3) is 0.333. The summed E-state index contributed by atoms with van der Waals surface area (Å²) in [4.78, 5) is 24.3. The summed E-state index contributed by atoms with van der Waals surface area (Å²) >= 11 is 0. The molecule has 10 heteroatoms. The van der Waals surface area contributed by atoms with Crippen molar-refractivity contribution in [3.05, 3.63) is 27.9 Å². The Hall–Kier alpha value is -2.23. The van der Waals surface area contributed by atoms with E-state index in [1.165, 1.54) is 0 Å². The van der Waals surface area contributed by atoms with Crippen LogP contribution in [0.5, 0.6) is 0 Å². The average molecular weight is 289 g/mol. The Morgan fingerprint density at radius 3 is 2.68 bits per heavy atom. The molecule has 1 heterocycles. The van der Waals surface area contributed by atoms with Crippen LogP contribution in [0.25, 0.3) is 0 Å². The molecule has 0 spiro atoms. The van der Waals surface area contributed by atoms with E-state index < -0.39 is 26.4 Å². The van der Waals surface area contributed by atoms with Crippen LogP contribution < -0.4 is 5.32 Å². The van der Waals surface area contributed by atoms with E-state index >= 15 is 0 Å². The smallest absolute Gasteiger partial charge is 0.339 e. The van der Waals surface area contributed by atoms with Crippen LogP contribution in [0, 0.1) is 10.1 Å². The second-order valence-electron chi connectivity index (χ2n) is 3.71. The molecule has 1 aromatic heterocycles. The lowest BCUT2D eigenvalue weighted by atomic mass is 10.2. The Morgan fingerprint density at radius 2 is 2.21 bits per heavy atom. The molecular weight excluding hydrogens is 278 g/mol. The monoisotopic (exact) mass is 289 g/mol. The van der Waals surface area contributed by atoms with Gasteiger partial charge in [-0.25, -0.2) is 18.2 Å². The van der Waals surface area contributed by atoms with Gasteiger partial charge in [0, 0.05) is 18.9 Å². The maximum Gasteiger partial charge on any atom is 0.339 e. The minimum Gasteiger partial charge on any atom is -0.478 e. The first-order chi connectivity index (χ1) is 8.70. The van der Waals surface area contributed by atoms with Crippen molar-refractivity contribution in [1.29, 1.82) is 0 Å². The number of anilines is 1. The number of sulfone groups is 1. The van der Waals surface area contributed by atoms with Gasteiger partial charge < -0.3 is 10.4 Å². The minimum absolute atomic E-state index is 0.0378. The maximum absolute atomic E-state index is 10.9. The van der Waals surface area contributed by atoms with Gasteiger partial charge in [-0.15, -0.1) is 0 Å². The predicted octanol–water partition coefficient (Wildman–Crippen LogP) is 0.144. The van der Waals surface area contributed by atoms with Crippen LogP contribution in [0.15, 0.2) is 12.3 Å². The van der Waals surface area contributed by atoms with E-state index in [4.69, 9.17) is 5.11 Å². The third-order valence-electron chi connectivity index (χ3n) is 2.08. The van der Waals surface area contributed by atoms with Crippen molar-refractivity contribution < 1.29 is 23.2 Å². The molecule has 1 rings (SSSR count). The van der Waals surface area contributed by atoms with Crippen molar-refractivity contribution in [2.75, 3.05) is 23.9 Å². The summed E-state index contributed by atoms with van der Waals surface area (Å²) in [5, 5.41) is 21.9. The molecule has 0 aliphatic heterocycles. The van der Waals surface area contributed by atoms with E-state index in [0.29, 0.717) is 0 Å². The number of rotatable bonds is 6. The minimum atomic E-state index is -3.19. The molecule has 1 aromatic rings. The molecule has 2 N–H and O–H groups in total. The zero-order valence-electron chi connectivity index (χ0n) is 9.86. The van der Waals surface area contributed by atoms with E-state index in [2.05, 4.69) is 10.3 Å². The molecule has 0 aromatic carbocycles. The zero-order valence-corrected chi connectivity index (χ0v) is 10.7. The first kappa shape index (κ1) is 14.8. The number of nitrogens with zero attached hydrogens (tertiary/aromatic N) is 2. The van der Waals surface area contributed by atoms with Gasteiger partial charge in [-0.3, -0.25) is 10.1 Å². The van der Waals surface area contributed by atoms with Crippen molar-refractivity contribution in [3.8, 4) is 0 Å². The normalized spacial score (nSPS) is 11.0. The molecule has 0 fully saturated rings. The first-order valence-corrected chi connectivity index (χ1v) is 7.06. The fourth-order valence-electron chi connectivity index (χ4n) is 1.21. The van der Waals surface area contributed by atoms with Crippen LogP contribution >= 0.6 is 0 Å². The van der Waals surface area contributed by atoms with Gasteiger partial charge in [-0.2, -0.15) is 0 Å². The third kappa shape index (κ3) is 4.50. The number of pyridine rings is 1. The van der Waals surface area contributed by atoms with E-state index in [1.54, 1.807) is 0 Å². The van der Waals surface area contributed by atoms with Gasteiger partial charge in [0.05, 0.1) is 10.7 Å². The van der Waals surface area contributed by atoms with E-state index in [-0.39, 0.29) is 23.7 Å². The first-order valence-electron chi connectivity index (χ1n) is 5.00. The number of hydrogen-bond acceptors (Lipinski definition) is 7. The molecule has 0 saturated carbocycles. The highest BCUT2D eigenvalue weighted by atomic mass is 32.2. The van der Waals surface area contributed by atoms with Gasteiger partial charge >= 0.3 is 5.97 Å². The van der Waals surface area contributed by atoms with Gasteiger partial charge in [0.2, 0.25) is 0 Å². The van der Waals surface area contributed by atoms with Crippen LogP contribution in [-0.4, -0.2) is 48.0 Å². The second kappa shape index (κ2) is 5.61. The molecule has 0 unspecified atom stereocenters. The average Bonchev–Trinajstić information content (AvgIpc) is 2.27. The Morgan fingerprint density at radius 1 is 1.58 bits per heavy atom. The quantitative estimate of drug-likeness (QED) is 0.557. The highest BCUT2D eigenvalue weighted by Crippen LogP contribution is 2.18. The topological polar surface area (TPSA) is 140 Å². The summed E-state index contributed by atoms with van der Waals surface area (Å²) in [6, 6.07) is 0.859. The van der Waals surface area contributed by atoms with Crippen molar-refractivity contribution in [1.82, 2.24) is 4.98 Å². The number of nitro groups is 1. The van der Waals surface area contributed by atoms with Gasteiger partial charge in [0.1, 0.15) is 27.4 Å². The van der Waals surface area contributed by atoms with Crippen molar-refractivity contribution in [2.45, 2.75) is 0 Å². The summed E-state index contributed by atoms with van der Waals surface area (Å²) < 4.78 is 21.8. The molecule has 0 aliphatic carbocycles. The summed E-state index contributed by atoms with van der Waals surface area (Å²) in [7, 11) is -3.19. The van der Waals surface area contributed by atoms with Crippen LogP contribution in [0.3, 0.4) is 0 Å². The zero-order chi connectivity index (χ0) is 14.6. The van der Waals surface area contributed by atoms with E-state index in [1.807, 2.05) is 0 Å². The number of aromatic carboxylic acids is 1. The van der Waals surface area contributed by atoms with E-state index in [0.717, 1.165) is 18.5 Å². The highest BCUT2D eigenvalue weighted by Gasteiger charge is 2.17. The summed E-state index contributed by atoms with van der Waals surface area (Å²) in [6.07, 6.45) is 1.94. The predicted molar refractivity (Wildman–Crippen MR) is 66.1 cm³/mol. The molecule has 0 saturated heterocycles. The number of aromatic nitrogens is 1. The van der Waals surface area contributed by atoms with Crippen molar-refractivity contribution in [2.24, 2.45) is 0 Å². The third-order valence-corrected chi connectivity index (χ3v) is 3.03. The summed E-state index contributed by atoms with van der Waals surface area (Å²) in [5.41, 5.74) is -0.839. The van der Waals surface area contributed by atoms with Gasteiger partial charge in [-0.05, 0) is 0 Å². The van der Waals surface area contributed by atoms with Gasteiger partial charge in [-0.1, -0.05) is 0 Å². The molecule has 104 valence electrons. The molecule has 0 bridgehead atoms. The summed E-state index contributed by atoms with van der Waals surface area (Å²) in [5.74, 6) is -1.70. The Labute approximate surface area is 108 Å². The number of carboxylic acid groups (broad SMARTS) is 1. The van der Waals surface area contributed by atoms with Gasteiger partial charge in [0.15, 0.2) is 0 Å². The van der Waals surface area contributed by atoms with Crippen molar-refractivity contribution >= 4 is 27.3 Å².